The van der Waals surface area contributed by atoms with Gasteiger partial charge in [-0.05, 0) is 32.4 Å². The largest absolute Gasteiger partial charge is 0.298 e. The lowest BCUT2D eigenvalue weighted by molar-refractivity contribution is 0.0639. The van der Waals surface area contributed by atoms with Crippen LogP contribution in [-0.2, 0) is 0 Å². The Morgan fingerprint density at radius 2 is 0.944 bits per heavy atom. The van der Waals surface area contributed by atoms with Crippen molar-refractivity contribution in [3.8, 4) is 0 Å². The summed E-state index contributed by atoms with van der Waals surface area (Å²) in [5.41, 5.74) is 0.505. The average molecular weight is 255 g/mol. The number of nitrogens with zero attached hydrogens (tertiary/aromatic N) is 1. The Labute approximate surface area is 116 Å². The first-order valence-corrected chi connectivity index (χ1v) is 8.45. The molecule has 110 valence electrons. The molecule has 0 radical (unpaired) electrons. The van der Waals surface area contributed by atoms with Gasteiger partial charge in [0.05, 0.1) is 0 Å². The van der Waals surface area contributed by atoms with E-state index in [1.807, 2.05) is 0 Å². The first kappa shape index (κ1) is 18.0. The summed E-state index contributed by atoms with van der Waals surface area (Å²) < 4.78 is 0. The highest BCUT2D eigenvalue weighted by molar-refractivity contribution is 4.89. The van der Waals surface area contributed by atoms with Crippen LogP contribution in [-0.4, -0.2) is 23.5 Å². The summed E-state index contributed by atoms with van der Waals surface area (Å²) in [6.45, 7) is 14.1. The predicted octanol–water partition coefficient (Wildman–Crippen LogP) is 5.64. The van der Waals surface area contributed by atoms with Gasteiger partial charge in [-0.1, -0.05) is 73.1 Å². The molecule has 18 heavy (non-hydrogen) atoms. The quantitative estimate of drug-likeness (QED) is 0.436. The van der Waals surface area contributed by atoms with E-state index in [0.717, 1.165) is 0 Å². The topological polar surface area (TPSA) is 3.24 Å². The third-order valence-corrected chi connectivity index (χ3v) is 4.42. The van der Waals surface area contributed by atoms with Crippen molar-refractivity contribution in [3.63, 3.8) is 0 Å². The van der Waals surface area contributed by atoms with E-state index in [2.05, 4.69) is 39.5 Å². The minimum atomic E-state index is 0.505. The number of unbranched alkanes of at least 4 members (excludes halogenated alkanes) is 3. The van der Waals surface area contributed by atoms with E-state index in [1.54, 1.807) is 0 Å². The molecule has 0 atom stereocenters. The Hall–Kier alpha value is -0.0400. The fourth-order valence-corrected chi connectivity index (χ4v) is 3.26. The second kappa shape index (κ2) is 10.8. The Morgan fingerprint density at radius 1 is 0.611 bits per heavy atom. The maximum atomic E-state index is 2.76. The molecule has 0 aliphatic heterocycles. The van der Waals surface area contributed by atoms with E-state index >= 15 is 0 Å². The summed E-state index contributed by atoms with van der Waals surface area (Å²) >= 11 is 0. The van der Waals surface area contributed by atoms with Crippen molar-refractivity contribution in [2.45, 2.75) is 97.9 Å². The van der Waals surface area contributed by atoms with Gasteiger partial charge in [-0.2, -0.15) is 0 Å². The van der Waals surface area contributed by atoms with E-state index < -0.39 is 0 Å². The van der Waals surface area contributed by atoms with Crippen LogP contribution < -0.4 is 0 Å². The van der Waals surface area contributed by atoms with Crippen molar-refractivity contribution in [2.75, 3.05) is 13.1 Å². The monoisotopic (exact) mass is 255 g/mol. The minimum absolute atomic E-state index is 0.505. The second-order valence-corrected chi connectivity index (χ2v) is 5.71. The molecule has 1 heteroatoms. The van der Waals surface area contributed by atoms with Gasteiger partial charge in [0.25, 0.3) is 0 Å². The maximum absolute atomic E-state index is 2.76. The van der Waals surface area contributed by atoms with Gasteiger partial charge in [0.1, 0.15) is 0 Å². The van der Waals surface area contributed by atoms with Crippen LogP contribution in [0.1, 0.15) is 92.4 Å². The summed E-state index contributed by atoms with van der Waals surface area (Å²) in [5.74, 6) is 0. The lowest BCUT2D eigenvalue weighted by Crippen LogP contribution is -2.48. The third-order valence-electron chi connectivity index (χ3n) is 4.42. The van der Waals surface area contributed by atoms with E-state index in [0.29, 0.717) is 5.54 Å². The predicted molar refractivity (Wildman–Crippen MR) is 84.2 cm³/mol. The molecule has 0 rings (SSSR count). The molecular formula is C17H37N. The van der Waals surface area contributed by atoms with E-state index in [9.17, 15) is 0 Å². The molecule has 0 aliphatic rings. The lowest BCUT2D eigenvalue weighted by atomic mass is 9.81. The molecule has 0 saturated carbocycles. The molecule has 1 nitrogen and oxygen atoms in total. The van der Waals surface area contributed by atoms with E-state index in [-0.39, 0.29) is 0 Å². The summed E-state index contributed by atoms with van der Waals surface area (Å²) in [6, 6.07) is 0. The van der Waals surface area contributed by atoms with Crippen LogP contribution >= 0.6 is 0 Å². The van der Waals surface area contributed by atoms with Crippen LogP contribution in [0.5, 0.6) is 0 Å². The molecule has 0 fully saturated rings. The average Bonchev–Trinajstić information content (AvgIpc) is 2.41. The number of rotatable bonds is 12. The van der Waals surface area contributed by atoms with Crippen LogP contribution in [0.25, 0.3) is 0 Å². The lowest BCUT2D eigenvalue weighted by Gasteiger charge is -2.44. The van der Waals surface area contributed by atoms with Gasteiger partial charge in [0.15, 0.2) is 0 Å². The third kappa shape index (κ3) is 5.73. The van der Waals surface area contributed by atoms with Crippen molar-refractivity contribution in [1.29, 1.82) is 0 Å². The zero-order valence-corrected chi connectivity index (χ0v) is 13.7. The van der Waals surface area contributed by atoms with E-state index in [1.165, 1.54) is 70.9 Å². The normalized spacial score (nSPS) is 12.3. The van der Waals surface area contributed by atoms with Gasteiger partial charge >= 0.3 is 0 Å². The zero-order chi connectivity index (χ0) is 13.9. The number of hydrogen-bond donors (Lipinski definition) is 0. The number of hydrogen-bond acceptors (Lipinski definition) is 1. The Morgan fingerprint density at radius 3 is 1.17 bits per heavy atom. The van der Waals surface area contributed by atoms with Crippen LogP contribution in [0.3, 0.4) is 0 Å². The smallest absolute Gasteiger partial charge is 0.0209 e. The highest BCUT2D eigenvalue weighted by Gasteiger charge is 2.32. The summed E-state index contributed by atoms with van der Waals surface area (Å²) in [6.07, 6.45) is 12.4. The molecule has 0 saturated heterocycles. The fourth-order valence-electron chi connectivity index (χ4n) is 3.26. The molecule has 0 amide bonds. The van der Waals surface area contributed by atoms with Gasteiger partial charge < -0.3 is 0 Å². The van der Waals surface area contributed by atoms with Crippen LogP contribution in [0, 0.1) is 0 Å². The minimum Gasteiger partial charge on any atom is -0.298 e. The standard InChI is InChI=1S/C17H37N/c1-6-11-14-17(15-12-7-2,16-13-8-3)18(9-4)10-5/h6-16H2,1-5H3. The molecule has 0 aliphatic carbocycles. The van der Waals surface area contributed by atoms with Crippen LogP contribution in [0.15, 0.2) is 0 Å². The van der Waals surface area contributed by atoms with Crippen molar-refractivity contribution in [3.05, 3.63) is 0 Å². The van der Waals surface area contributed by atoms with Crippen LogP contribution in [0.4, 0.5) is 0 Å². The van der Waals surface area contributed by atoms with Gasteiger partial charge in [-0.3, -0.25) is 4.90 Å². The summed E-state index contributed by atoms with van der Waals surface area (Å²) in [4.78, 5) is 2.76. The highest BCUT2D eigenvalue weighted by atomic mass is 15.2. The van der Waals surface area contributed by atoms with Gasteiger partial charge in [-0.25, -0.2) is 0 Å². The molecule has 0 aromatic carbocycles. The molecule has 0 aromatic heterocycles. The molecule has 0 aromatic rings. The SMILES string of the molecule is CCCCC(CCCC)(CCCC)N(CC)CC. The van der Waals surface area contributed by atoms with Crippen molar-refractivity contribution in [1.82, 2.24) is 4.90 Å². The van der Waals surface area contributed by atoms with Gasteiger partial charge in [-0.15, -0.1) is 0 Å². The molecule has 0 heterocycles. The highest BCUT2D eigenvalue weighted by Crippen LogP contribution is 2.33. The Balaban J connectivity index is 4.82. The van der Waals surface area contributed by atoms with Gasteiger partial charge in [0.2, 0.25) is 0 Å². The summed E-state index contributed by atoms with van der Waals surface area (Å²) in [7, 11) is 0. The summed E-state index contributed by atoms with van der Waals surface area (Å²) in [5, 5.41) is 0. The first-order valence-electron chi connectivity index (χ1n) is 8.45. The second-order valence-electron chi connectivity index (χ2n) is 5.71. The molecule has 0 N–H and O–H groups in total. The van der Waals surface area contributed by atoms with Crippen molar-refractivity contribution in [2.24, 2.45) is 0 Å². The van der Waals surface area contributed by atoms with Crippen molar-refractivity contribution < 1.29 is 0 Å². The molecule has 0 unspecified atom stereocenters. The Kier molecular flexibility index (Phi) is 10.8. The Bertz CT molecular complexity index is 151. The fraction of sp³-hybridized carbons (Fsp3) is 1.00. The van der Waals surface area contributed by atoms with E-state index in [4.69, 9.17) is 0 Å². The zero-order valence-electron chi connectivity index (χ0n) is 13.7. The molecule has 0 bridgehead atoms. The van der Waals surface area contributed by atoms with Crippen molar-refractivity contribution >= 4 is 0 Å². The molecule has 0 spiro atoms. The first-order chi connectivity index (χ1) is 8.70. The molecular weight excluding hydrogens is 218 g/mol. The van der Waals surface area contributed by atoms with Gasteiger partial charge in [0, 0.05) is 5.54 Å². The van der Waals surface area contributed by atoms with Crippen LogP contribution in [0.2, 0.25) is 0 Å². The maximum Gasteiger partial charge on any atom is 0.0209 e.